The maximum atomic E-state index is 12.4. The van der Waals surface area contributed by atoms with Crippen LogP contribution in [-0.2, 0) is 6.54 Å². The van der Waals surface area contributed by atoms with Gasteiger partial charge in [0.05, 0.1) is 24.1 Å². The molecule has 0 aliphatic heterocycles. The van der Waals surface area contributed by atoms with Crippen molar-refractivity contribution in [2.45, 2.75) is 13.5 Å². The van der Waals surface area contributed by atoms with Gasteiger partial charge in [0.25, 0.3) is 5.91 Å². The van der Waals surface area contributed by atoms with E-state index in [1.54, 1.807) is 11.3 Å². The Morgan fingerprint density at radius 3 is 2.64 bits per heavy atom. The number of nitrogens with zero attached hydrogens (tertiary/aromatic N) is 4. The molecule has 0 saturated carbocycles. The van der Waals surface area contributed by atoms with Crippen molar-refractivity contribution in [2.24, 2.45) is 0 Å². The van der Waals surface area contributed by atoms with Gasteiger partial charge in [-0.05, 0) is 31.2 Å². The fourth-order valence-corrected chi connectivity index (χ4v) is 3.72. The number of amides is 1. The van der Waals surface area contributed by atoms with E-state index in [-0.39, 0.29) is 11.6 Å². The van der Waals surface area contributed by atoms with Crippen LogP contribution in [0.4, 0.5) is 0 Å². The van der Waals surface area contributed by atoms with Gasteiger partial charge in [-0.25, -0.2) is 4.98 Å². The summed E-state index contributed by atoms with van der Waals surface area (Å²) in [7, 11) is 0. The molecule has 0 aliphatic carbocycles. The minimum atomic E-state index is -0.289. The van der Waals surface area contributed by atoms with Crippen molar-refractivity contribution in [3.05, 3.63) is 81.4 Å². The van der Waals surface area contributed by atoms with Crippen molar-refractivity contribution in [2.75, 3.05) is 0 Å². The number of nitrogens with one attached hydrogen (secondary N) is 1. The highest BCUT2D eigenvalue weighted by atomic mass is 35.5. The maximum Gasteiger partial charge on any atom is 0.273 e. The third-order valence-corrected chi connectivity index (χ3v) is 5.29. The lowest BCUT2D eigenvalue weighted by atomic mass is 10.1. The van der Waals surface area contributed by atoms with E-state index in [9.17, 15) is 4.79 Å². The van der Waals surface area contributed by atoms with Crippen LogP contribution in [0.15, 0.2) is 60.8 Å². The minimum absolute atomic E-state index is 0.259. The monoisotopic (exact) mass is 409 g/mol. The van der Waals surface area contributed by atoms with Crippen LogP contribution in [0.1, 0.15) is 20.4 Å². The van der Waals surface area contributed by atoms with Crippen molar-refractivity contribution in [3.8, 4) is 16.9 Å². The zero-order chi connectivity index (χ0) is 19.5. The standard InChI is InChI=1S/C20H16ClN5OS/c1-13-19(14-7-9-15(21)10-8-14)24-18(28-13)12-22-20(27)17-11-23-26(25-17)16-5-3-2-4-6-16/h2-11H,12H2,1H3,(H,22,27). The van der Waals surface area contributed by atoms with E-state index >= 15 is 0 Å². The Labute approximate surface area is 170 Å². The van der Waals surface area contributed by atoms with Crippen LogP contribution in [0.25, 0.3) is 16.9 Å². The second-order valence-corrected chi connectivity index (χ2v) is 7.78. The zero-order valence-corrected chi connectivity index (χ0v) is 16.5. The summed E-state index contributed by atoms with van der Waals surface area (Å²) < 4.78 is 0. The molecule has 0 unspecified atom stereocenters. The van der Waals surface area contributed by atoms with Crippen molar-refractivity contribution in [1.82, 2.24) is 25.3 Å². The van der Waals surface area contributed by atoms with E-state index < -0.39 is 0 Å². The average Bonchev–Trinajstić information content (AvgIpc) is 3.35. The molecule has 140 valence electrons. The van der Waals surface area contributed by atoms with Gasteiger partial charge in [0, 0.05) is 15.5 Å². The van der Waals surface area contributed by atoms with E-state index in [0.717, 1.165) is 26.8 Å². The summed E-state index contributed by atoms with van der Waals surface area (Å²) in [6.07, 6.45) is 1.45. The van der Waals surface area contributed by atoms with E-state index in [1.165, 1.54) is 11.0 Å². The van der Waals surface area contributed by atoms with Crippen LogP contribution in [0.2, 0.25) is 5.02 Å². The molecule has 6 nitrogen and oxygen atoms in total. The Kier molecular flexibility index (Phi) is 5.18. The Morgan fingerprint density at radius 1 is 1.14 bits per heavy atom. The summed E-state index contributed by atoms with van der Waals surface area (Å²) >= 11 is 7.50. The molecule has 28 heavy (non-hydrogen) atoms. The number of rotatable bonds is 5. The molecular weight excluding hydrogens is 394 g/mol. The SMILES string of the molecule is Cc1sc(CNC(=O)c2cnn(-c3ccccc3)n2)nc1-c1ccc(Cl)cc1. The smallest absolute Gasteiger partial charge is 0.273 e. The topological polar surface area (TPSA) is 72.7 Å². The molecule has 1 amide bonds. The molecule has 0 fully saturated rings. The first-order valence-electron chi connectivity index (χ1n) is 8.58. The lowest BCUT2D eigenvalue weighted by Crippen LogP contribution is -2.23. The maximum absolute atomic E-state index is 12.4. The highest BCUT2D eigenvalue weighted by Gasteiger charge is 2.14. The number of para-hydroxylation sites is 1. The van der Waals surface area contributed by atoms with Crippen molar-refractivity contribution in [3.63, 3.8) is 0 Å². The molecule has 4 aromatic rings. The minimum Gasteiger partial charge on any atom is -0.344 e. The van der Waals surface area contributed by atoms with Gasteiger partial charge >= 0.3 is 0 Å². The first kappa shape index (κ1) is 18.3. The summed E-state index contributed by atoms with van der Waals surface area (Å²) in [6, 6.07) is 17.0. The Balaban J connectivity index is 1.44. The molecule has 1 N–H and O–H groups in total. The number of aromatic nitrogens is 4. The van der Waals surface area contributed by atoms with Gasteiger partial charge < -0.3 is 5.32 Å². The molecule has 2 aromatic carbocycles. The normalized spacial score (nSPS) is 10.8. The Bertz CT molecular complexity index is 1110. The van der Waals surface area contributed by atoms with Gasteiger partial charge in [-0.15, -0.1) is 16.4 Å². The summed E-state index contributed by atoms with van der Waals surface area (Å²) in [5, 5.41) is 12.7. The molecule has 4 rings (SSSR count). The number of hydrogen-bond acceptors (Lipinski definition) is 5. The number of carbonyl (C=O) groups excluding carboxylic acids is 1. The van der Waals surface area contributed by atoms with Crippen LogP contribution < -0.4 is 5.32 Å². The first-order valence-corrected chi connectivity index (χ1v) is 9.78. The molecule has 0 aliphatic rings. The average molecular weight is 410 g/mol. The van der Waals surface area contributed by atoms with Crippen LogP contribution in [-0.4, -0.2) is 25.9 Å². The van der Waals surface area contributed by atoms with Crippen molar-refractivity contribution < 1.29 is 4.79 Å². The third kappa shape index (κ3) is 3.95. The van der Waals surface area contributed by atoms with Crippen LogP contribution >= 0.6 is 22.9 Å². The molecular formula is C20H16ClN5OS. The van der Waals surface area contributed by atoms with Crippen molar-refractivity contribution >= 4 is 28.8 Å². The number of benzene rings is 2. The summed E-state index contributed by atoms with van der Waals surface area (Å²) in [5.74, 6) is -0.289. The lowest BCUT2D eigenvalue weighted by molar-refractivity contribution is 0.0945. The molecule has 0 atom stereocenters. The highest BCUT2D eigenvalue weighted by Crippen LogP contribution is 2.28. The molecule has 0 radical (unpaired) electrons. The summed E-state index contributed by atoms with van der Waals surface area (Å²) in [5.41, 5.74) is 2.96. The van der Waals surface area contributed by atoms with Crippen molar-refractivity contribution in [1.29, 1.82) is 0 Å². The Morgan fingerprint density at radius 2 is 1.89 bits per heavy atom. The quantitative estimate of drug-likeness (QED) is 0.534. The van der Waals surface area contributed by atoms with Gasteiger partial charge in [-0.3, -0.25) is 4.79 Å². The first-order chi connectivity index (χ1) is 13.6. The van der Waals surface area contributed by atoms with Crippen LogP contribution in [0.5, 0.6) is 0 Å². The second-order valence-electron chi connectivity index (χ2n) is 6.06. The number of aryl methyl sites for hydroxylation is 1. The molecule has 8 heteroatoms. The molecule has 2 aromatic heterocycles. The zero-order valence-electron chi connectivity index (χ0n) is 15.0. The number of carbonyl (C=O) groups is 1. The van der Waals surface area contributed by atoms with Gasteiger partial charge in [-0.2, -0.15) is 9.90 Å². The predicted molar refractivity (Wildman–Crippen MR) is 110 cm³/mol. The fraction of sp³-hybridized carbons (Fsp3) is 0.100. The largest absolute Gasteiger partial charge is 0.344 e. The van der Waals surface area contributed by atoms with Gasteiger partial charge in [0.15, 0.2) is 5.69 Å². The predicted octanol–water partition coefficient (Wildman–Crippen LogP) is 4.28. The van der Waals surface area contributed by atoms with E-state index in [1.807, 2.05) is 61.5 Å². The van der Waals surface area contributed by atoms with Crippen LogP contribution in [0, 0.1) is 6.92 Å². The van der Waals surface area contributed by atoms with Gasteiger partial charge in [-0.1, -0.05) is 41.9 Å². The molecule has 2 heterocycles. The lowest BCUT2D eigenvalue weighted by Gasteiger charge is -2.00. The van der Waals surface area contributed by atoms with E-state index in [0.29, 0.717) is 11.6 Å². The number of thiazole rings is 1. The highest BCUT2D eigenvalue weighted by molar-refractivity contribution is 7.12. The summed E-state index contributed by atoms with van der Waals surface area (Å²) in [6.45, 7) is 2.34. The third-order valence-electron chi connectivity index (χ3n) is 4.07. The van der Waals surface area contributed by atoms with Crippen LogP contribution in [0.3, 0.4) is 0 Å². The number of hydrogen-bond donors (Lipinski definition) is 1. The Hall–Kier alpha value is -3.03. The number of halogens is 1. The second kappa shape index (κ2) is 7.92. The fourth-order valence-electron chi connectivity index (χ4n) is 2.70. The van der Waals surface area contributed by atoms with E-state index in [2.05, 4.69) is 20.5 Å². The summed E-state index contributed by atoms with van der Waals surface area (Å²) in [4.78, 5) is 19.6. The molecule has 0 spiro atoms. The molecule has 0 saturated heterocycles. The van der Waals surface area contributed by atoms with E-state index in [4.69, 9.17) is 11.6 Å². The van der Waals surface area contributed by atoms with Gasteiger partial charge in [0.1, 0.15) is 5.01 Å². The van der Waals surface area contributed by atoms with Gasteiger partial charge in [0.2, 0.25) is 0 Å². The molecule has 0 bridgehead atoms.